The van der Waals surface area contributed by atoms with Crippen molar-refractivity contribution in [3.8, 4) is 5.75 Å². The lowest BCUT2D eigenvalue weighted by Gasteiger charge is -2.23. The van der Waals surface area contributed by atoms with Crippen LogP contribution in [0.3, 0.4) is 0 Å². The summed E-state index contributed by atoms with van der Waals surface area (Å²) in [4.78, 5) is 14.6. The van der Waals surface area contributed by atoms with Gasteiger partial charge in [0.25, 0.3) is 0 Å². The molecule has 0 aliphatic heterocycles. The number of rotatable bonds is 7. The molecule has 0 saturated heterocycles. The van der Waals surface area contributed by atoms with Crippen molar-refractivity contribution in [3.63, 3.8) is 0 Å². The van der Waals surface area contributed by atoms with Crippen molar-refractivity contribution in [1.82, 2.24) is 5.32 Å². The van der Waals surface area contributed by atoms with Crippen LogP contribution in [0.4, 0.5) is 21.9 Å². The summed E-state index contributed by atoms with van der Waals surface area (Å²) in [6, 6.07) is 22.7. The summed E-state index contributed by atoms with van der Waals surface area (Å²) in [5.41, 5.74) is 10.2. The smallest absolute Gasteiger partial charge is 0.326 e. The second-order valence-corrected chi connectivity index (χ2v) is 6.92. The van der Waals surface area contributed by atoms with Crippen LogP contribution in [0.25, 0.3) is 0 Å². The van der Waals surface area contributed by atoms with Crippen LogP contribution in [0.15, 0.2) is 72.8 Å². The molecule has 5 nitrogen and oxygen atoms in total. The highest BCUT2D eigenvalue weighted by molar-refractivity contribution is 5.99. The number of nitrogens with one attached hydrogen (secondary N) is 1. The molecule has 0 aromatic heterocycles. The third-order valence-electron chi connectivity index (χ3n) is 4.62. The van der Waals surface area contributed by atoms with Crippen LogP contribution in [0.1, 0.15) is 17.5 Å². The van der Waals surface area contributed by atoms with Gasteiger partial charge in [0.1, 0.15) is 5.75 Å². The summed E-state index contributed by atoms with van der Waals surface area (Å²) in [7, 11) is 0. The number of nitrogen functional groups attached to an aromatic ring is 1. The molecule has 29 heavy (non-hydrogen) atoms. The predicted octanol–water partition coefficient (Wildman–Crippen LogP) is 5.20. The molecule has 3 rings (SSSR count). The Balaban J connectivity index is 1.60. The van der Waals surface area contributed by atoms with Crippen molar-refractivity contribution in [2.24, 2.45) is 0 Å². The van der Waals surface area contributed by atoms with E-state index in [9.17, 15) is 4.79 Å². The van der Waals surface area contributed by atoms with E-state index < -0.39 is 0 Å². The van der Waals surface area contributed by atoms with E-state index in [2.05, 4.69) is 5.32 Å². The number of nitrogens with zero attached hydrogens (tertiary/aromatic N) is 1. The first-order valence-electron chi connectivity index (χ1n) is 9.74. The first kappa shape index (κ1) is 20.3. The topological polar surface area (TPSA) is 67.6 Å². The van der Waals surface area contributed by atoms with E-state index in [1.165, 1.54) is 0 Å². The third kappa shape index (κ3) is 5.29. The number of anilines is 3. The lowest BCUT2D eigenvalue weighted by molar-refractivity contribution is 0.246. The van der Waals surface area contributed by atoms with Gasteiger partial charge in [-0.25, -0.2) is 4.79 Å². The fraction of sp³-hybridized carbons (Fsp3) is 0.208. The van der Waals surface area contributed by atoms with Crippen molar-refractivity contribution >= 4 is 23.1 Å². The molecule has 0 heterocycles. The van der Waals surface area contributed by atoms with Crippen molar-refractivity contribution in [1.29, 1.82) is 0 Å². The van der Waals surface area contributed by atoms with Crippen LogP contribution in [-0.2, 0) is 0 Å². The number of carbonyl (C=O) groups excluding carboxylic acids is 1. The first-order valence-corrected chi connectivity index (χ1v) is 9.74. The number of para-hydroxylation sites is 2. The maximum absolute atomic E-state index is 12.9. The Morgan fingerprint density at radius 2 is 1.52 bits per heavy atom. The quantitative estimate of drug-likeness (QED) is 0.431. The van der Waals surface area contributed by atoms with Gasteiger partial charge in [0.15, 0.2) is 0 Å². The van der Waals surface area contributed by atoms with Crippen molar-refractivity contribution in [2.45, 2.75) is 20.3 Å². The summed E-state index contributed by atoms with van der Waals surface area (Å²) in [6.07, 6.45) is 0.712. The number of carbonyl (C=O) groups is 1. The Bertz CT molecular complexity index is 920. The number of amides is 2. The van der Waals surface area contributed by atoms with Crippen LogP contribution in [0.2, 0.25) is 0 Å². The van der Waals surface area contributed by atoms with E-state index in [0.717, 1.165) is 28.3 Å². The molecule has 150 valence electrons. The summed E-state index contributed by atoms with van der Waals surface area (Å²) in [5.74, 6) is 0.923. The maximum Gasteiger partial charge on any atom is 0.326 e. The Hall–Kier alpha value is -3.47. The number of urea groups is 1. The molecule has 0 bridgehead atoms. The molecule has 0 radical (unpaired) electrons. The van der Waals surface area contributed by atoms with E-state index in [0.29, 0.717) is 25.3 Å². The van der Waals surface area contributed by atoms with Crippen LogP contribution in [-0.4, -0.2) is 19.2 Å². The van der Waals surface area contributed by atoms with E-state index in [1.54, 1.807) is 17.0 Å². The highest BCUT2D eigenvalue weighted by Gasteiger charge is 2.17. The minimum absolute atomic E-state index is 0.187. The molecule has 2 amide bonds. The zero-order valence-corrected chi connectivity index (χ0v) is 16.9. The molecular formula is C24H27N3O2. The molecule has 0 aliphatic carbocycles. The highest BCUT2D eigenvalue weighted by atomic mass is 16.5. The number of ether oxygens (including phenoxy) is 1. The van der Waals surface area contributed by atoms with Gasteiger partial charge in [-0.05, 0) is 67.8 Å². The number of hydrogen-bond acceptors (Lipinski definition) is 3. The largest absolute Gasteiger partial charge is 0.493 e. The molecule has 3 aromatic rings. The van der Waals surface area contributed by atoms with Crippen LogP contribution >= 0.6 is 0 Å². The number of benzene rings is 3. The number of hydrogen-bond donors (Lipinski definition) is 2. The highest BCUT2D eigenvalue weighted by Crippen LogP contribution is 2.26. The fourth-order valence-electron chi connectivity index (χ4n) is 3.13. The second kappa shape index (κ2) is 9.64. The molecule has 3 N–H and O–H groups in total. The average molecular weight is 389 g/mol. The first-order chi connectivity index (χ1) is 14.1. The maximum atomic E-state index is 12.9. The molecule has 5 heteroatoms. The van der Waals surface area contributed by atoms with Gasteiger partial charge in [-0.3, -0.25) is 4.90 Å². The molecule has 0 unspecified atom stereocenters. The summed E-state index contributed by atoms with van der Waals surface area (Å²) < 4.78 is 5.91. The summed E-state index contributed by atoms with van der Waals surface area (Å²) in [6.45, 7) is 5.13. The van der Waals surface area contributed by atoms with E-state index >= 15 is 0 Å². The molecule has 3 aromatic carbocycles. The Morgan fingerprint density at radius 3 is 2.17 bits per heavy atom. The standard InChI is InChI=1S/C24H27N3O2/c1-18-8-6-9-19(2)23(18)29-17-7-16-26-24(28)27(21-10-4-3-5-11-21)22-14-12-20(25)13-15-22/h3-6,8-15H,7,16-17,25H2,1-2H3,(H,26,28). The van der Waals surface area contributed by atoms with Gasteiger partial charge in [-0.15, -0.1) is 0 Å². The van der Waals surface area contributed by atoms with Crippen LogP contribution < -0.4 is 20.7 Å². The van der Waals surface area contributed by atoms with E-state index in [4.69, 9.17) is 10.5 Å². The molecule has 0 aliphatic rings. The normalized spacial score (nSPS) is 10.4. The molecule has 0 spiro atoms. The Labute approximate surface area is 172 Å². The molecule has 0 saturated carbocycles. The van der Waals surface area contributed by atoms with Gasteiger partial charge in [0.05, 0.1) is 18.0 Å². The minimum Gasteiger partial charge on any atom is -0.493 e. The predicted molar refractivity (Wildman–Crippen MR) is 119 cm³/mol. The molecule has 0 atom stereocenters. The summed E-state index contributed by atoms with van der Waals surface area (Å²) in [5, 5.41) is 2.99. The fourth-order valence-corrected chi connectivity index (χ4v) is 3.13. The van der Waals surface area contributed by atoms with Gasteiger partial charge >= 0.3 is 6.03 Å². The summed E-state index contributed by atoms with van der Waals surface area (Å²) >= 11 is 0. The minimum atomic E-state index is -0.187. The Kier molecular flexibility index (Phi) is 6.74. The van der Waals surface area contributed by atoms with Crippen molar-refractivity contribution in [3.05, 3.63) is 83.9 Å². The lowest BCUT2D eigenvalue weighted by atomic mass is 10.1. The molecule has 0 fully saturated rings. The van der Waals surface area contributed by atoms with Gasteiger partial charge in [0, 0.05) is 12.2 Å². The zero-order chi connectivity index (χ0) is 20.6. The average Bonchev–Trinajstić information content (AvgIpc) is 2.72. The third-order valence-corrected chi connectivity index (χ3v) is 4.62. The van der Waals surface area contributed by atoms with Gasteiger partial charge in [-0.2, -0.15) is 0 Å². The second-order valence-electron chi connectivity index (χ2n) is 6.92. The van der Waals surface area contributed by atoms with Crippen LogP contribution in [0, 0.1) is 13.8 Å². The van der Waals surface area contributed by atoms with E-state index in [-0.39, 0.29) is 6.03 Å². The van der Waals surface area contributed by atoms with Gasteiger partial charge < -0.3 is 15.8 Å². The van der Waals surface area contributed by atoms with Gasteiger partial charge in [-0.1, -0.05) is 36.4 Å². The number of nitrogens with two attached hydrogens (primary N) is 1. The van der Waals surface area contributed by atoms with Crippen molar-refractivity contribution in [2.75, 3.05) is 23.8 Å². The lowest BCUT2D eigenvalue weighted by Crippen LogP contribution is -2.37. The molecular weight excluding hydrogens is 362 g/mol. The monoisotopic (exact) mass is 389 g/mol. The van der Waals surface area contributed by atoms with Crippen LogP contribution in [0.5, 0.6) is 5.75 Å². The van der Waals surface area contributed by atoms with Gasteiger partial charge in [0.2, 0.25) is 0 Å². The van der Waals surface area contributed by atoms with E-state index in [1.807, 2.05) is 74.5 Å². The van der Waals surface area contributed by atoms with Crippen molar-refractivity contribution < 1.29 is 9.53 Å². The number of aryl methyl sites for hydroxylation is 2. The SMILES string of the molecule is Cc1cccc(C)c1OCCCNC(=O)N(c1ccccc1)c1ccc(N)cc1. The zero-order valence-electron chi connectivity index (χ0n) is 16.9. The Morgan fingerprint density at radius 1 is 0.897 bits per heavy atom.